The van der Waals surface area contributed by atoms with Gasteiger partial charge in [-0.3, -0.25) is 0 Å². The zero-order chi connectivity index (χ0) is 15.2. The summed E-state index contributed by atoms with van der Waals surface area (Å²) >= 11 is 0. The molecule has 1 aliphatic heterocycles. The molecule has 1 aromatic heterocycles. The molecule has 4 nitrogen and oxygen atoms in total. The van der Waals surface area contributed by atoms with Crippen molar-refractivity contribution in [2.75, 3.05) is 6.79 Å². The van der Waals surface area contributed by atoms with Crippen LogP contribution in [0.1, 0.15) is 28.8 Å². The summed E-state index contributed by atoms with van der Waals surface area (Å²) < 4.78 is 10.9. The van der Waals surface area contributed by atoms with E-state index in [1.807, 2.05) is 12.1 Å². The third-order valence-electron chi connectivity index (χ3n) is 4.75. The van der Waals surface area contributed by atoms with Crippen molar-refractivity contribution in [1.82, 2.24) is 9.97 Å². The fourth-order valence-electron chi connectivity index (χ4n) is 3.57. The Kier molecular flexibility index (Phi) is 3.77. The van der Waals surface area contributed by atoms with E-state index >= 15 is 0 Å². The molecule has 1 aliphatic carbocycles. The van der Waals surface area contributed by atoms with E-state index < -0.39 is 0 Å². The van der Waals surface area contributed by atoms with Gasteiger partial charge in [0.25, 0.3) is 0 Å². The van der Waals surface area contributed by atoms with Gasteiger partial charge in [-0.2, -0.15) is 0 Å². The molecule has 0 unspecified atom stereocenters. The molecule has 0 saturated heterocycles. The highest BCUT2D eigenvalue weighted by atomic mass is 35.5. The van der Waals surface area contributed by atoms with Gasteiger partial charge >= 0.3 is 0 Å². The molecule has 0 atom stereocenters. The lowest BCUT2D eigenvalue weighted by molar-refractivity contribution is 0.174. The monoisotopic (exact) mass is 340 g/mol. The van der Waals surface area contributed by atoms with E-state index in [0.29, 0.717) is 0 Å². The highest BCUT2D eigenvalue weighted by molar-refractivity contribution is 5.85. The molecule has 0 N–H and O–H groups in total. The van der Waals surface area contributed by atoms with E-state index in [0.717, 1.165) is 34.5 Å². The zero-order valence-electron chi connectivity index (χ0n) is 13.1. The van der Waals surface area contributed by atoms with Crippen molar-refractivity contribution in [1.29, 1.82) is 0 Å². The lowest BCUT2D eigenvalue weighted by Gasteiger charge is -2.08. The van der Waals surface area contributed by atoms with Gasteiger partial charge in [-0.05, 0) is 42.0 Å². The van der Waals surface area contributed by atoms with Crippen LogP contribution >= 0.6 is 12.4 Å². The van der Waals surface area contributed by atoms with E-state index in [9.17, 15) is 0 Å². The Morgan fingerprint density at radius 1 is 0.917 bits per heavy atom. The Morgan fingerprint density at radius 2 is 1.75 bits per heavy atom. The molecule has 2 aromatic carbocycles. The maximum Gasteiger partial charge on any atom is 0.231 e. The number of fused-ring (bicyclic) bond motifs is 3. The number of benzene rings is 2. The Hall–Kier alpha value is -2.33. The number of aryl methyl sites for hydroxylation is 2. The summed E-state index contributed by atoms with van der Waals surface area (Å²) in [4.78, 5) is 8.89. The van der Waals surface area contributed by atoms with Gasteiger partial charge in [0.1, 0.15) is 6.33 Å². The molecule has 5 rings (SSSR count). The number of halogens is 1. The van der Waals surface area contributed by atoms with E-state index in [1.165, 1.54) is 36.0 Å². The first-order valence-corrected chi connectivity index (χ1v) is 8.01. The maximum absolute atomic E-state index is 5.49. The molecule has 24 heavy (non-hydrogen) atoms. The maximum atomic E-state index is 5.49. The van der Waals surface area contributed by atoms with Crippen LogP contribution in [0.4, 0.5) is 0 Å². The first kappa shape index (κ1) is 15.2. The number of aromatic nitrogens is 2. The summed E-state index contributed by atoms with van der Waals surface area (Å²) in [6.45, 7) is 0.277. The molecule has 0 saturated carbocycles. The van der Waals surface area contributed by atoms with Gasteiger partial charge in [0.05, 0.1) is 11.2 Å². The van der Waals surface area contributed by atoms with Gasteiger partial charge in [-0.25, -0.2) is 9.97 Å². The molecule has 0 amide bonds. The van der Waals surface area contributed by atoms with Crippen LogP contribution in [-0.2, 0) is 19.3 Å². The molecule has 122 valence electrons. The molecular weight excluding hydrogens is 324 g/mol. The van der Waals surface area contributed by atoms with Crippen molar-refractivity contribution in [2.24, 2.45) is 0 Å². The Bertz CT molecular complexity index is 927. The minimum absolute atomic E-state index is 0. The second-order valence-electron chi connectivity index (χ2n) is 6.18. The van der Waals surface area contributed by atoms with Crippen molar-refractivity contribution in [3.8, 4) is 11.5 Å². The van der Waals surface area contributed by atoms with E-state index in [1.54, 1.807) is 6.33 Å². The second kappa shape index (κ2) is 5.95. The molecule has 0 fully saturated rings. The van der Waals surface area contributed by atoms with Crippen molar-refractivity contribution in [3.05, 3.63) is 59.0 Å². The lowest BCUT2D eigenvalue weighted by atomic mass is 10.0. The normalized spacial score (nSPS) is 14.5. The molecular formula is C19H17ClN2O2. The van der Waals surface area contributed by atoms with Gasteiger partial charge in [-0.15, -0.1) is 12.4 Å². The number of hydrogen-bond donors (Lipinski definition) is 0. The standard InChI is InChI=1S/C19H16N2O2.ClH/c1-2-13-5-4-12(6-14(13)3-1)7-16-15-8-18-19(23-11-22-18)9-17(15)21-10-20-16;/h4-6,8-10H,1-3,7,11H2;1H. The Balaban J connectivity index is 0.00000146. The number of ether oxygens (including phenoxy) is 2. The van der Waals surface area contributed by atoms with Gasteiger partial charge in [0, 0.05) is 17.9 Å². The molecule has 2 heterocycles. The smallest absolute Gasteiger partial charge is 0.231 e. The fourth-order valence-corrected chi connectivity index (χ4v) is 3.57. The van der Waals surface area contributed by atoms with Gasteiger partial charge in [0.15, 0.2) is 11.5 Å². The fraction of sp³-hybridized carbons (Fsp3) is 0.263. The minimum Gasteiger partial charge on any atom is -0.454 e. The number of hydrogen-bond acceptors (Lipinski definition) is 4. The van der Waals surface area contributed by atoms with Crippen molar-refractivity contribution < 1.29 is 9.47 Å². The Labute approximate surface area is 146 Å². The van der Waals surface area contributed by atoms with Crippen LogP contribution in [0.5, 0.6) is 11.5 Å². The minimum atomic E-state index is 0. The quantitative estimate of drug-likeness (QED) is 0.710. The van der Waals surface area contributed by atoms with Crippen molar-refractivity contribution >= 4 is 23.3 Å². The molecule has 0 bridgehead atoms. The first-order valence-electron chi connectivity index (χ1n) is 8.01. The molecule has 0 radical (unpaired) electrons. The third kappa shape index (κ3) is 2.47. The molecule has 0 spiro atoms. The first-order chi connectivity index (χ1) is 11.4. The van der Waals surface area contributed by atoms with E-state index in [-0.39, 0.29) is 19.2 Å². The summed E-state index contributed by atoms with van der Waals surface area (Å²) in [7, 11) is 0. The predicted octanol–water partition coefficient (Wildman–Crippen LogP) is 3.86. The van der Waals surface area contributed by atoms with Crippen molar-refractivity contribution in [2.45, 2.75) is 25.7 Å². The molecule has 3 aromatic rings. The number of nitrogens with zero attached hydrogens (tertiary/aromatic N) is 2. The van der Waals surface area contributed by atoms with Crippen LogP contribution in [-0.4, -0.2) is 16.8 Å². The van der Waals surface area contributed by atoms with Crippen LogP contribution in [0.2, 0.25) is 0 Å². The summed E-state index contributed by atoms with van der Waals surface area (Å²) in [6.07, 6.45) is 6.14. The van der Waals surface area contributed by atoms with Crippen LogP contribution in [0, 0.1) is 0 Å². The van der Waals surface area contributed by atoms with Crippen LogP contribution in [0.15, 0.2) is 36.7 Å². The lowest BCUT2D eigenvalue weighted by Crippen LogP contribution is -1.97. The van der Waals surface area contributed by atoms with Gasteiger partial charge < -0.3 is 9.47 Å². The topological polar surface area (TPSA) is 44.2 Å². The zero-order valence-corrected chi connectivity index (χ0v) is 13.9. The van der Waals surface area contributed by atoms with Gasteiger partial charge in [-0.1, -0.05) is 18.2 Å². The van der Waals surface area contributed by atoms with E-state index in [4.69, 9.17) is 9.47 Å². The SMILES string of the molecule is Cl.c1nc(Cc2ccc3c(c2)CCC3)c2cc3c(cc2n1)OCO3. The van der Waals surface area contributed by atoms with Crippen LogP contribution in [0.3, 0.4) is 0 Å². The average molecular weight is 341 g/mol. The van der Waals surface area contributed by atoms with E-state index in [2.05, 4.69) is 28.2 Å². The molecule has 2 aliphatic rings. The average Bonchev–Trinajstić information content (AvgIpc) is 3.21. The highest BCUT2D eigenvalue weighted by Crippen LogP contribution is 2.36. The summed E-state index contributed by atoms with van der Waals surface area (Å²) in [5.41, 5.74) is 6.25. The third-order valence-corrected chi connectivity index (χ3v) is 4.75. The second-order valence-corrected chi connectivity index (χ2v) is 6.18. The number of rotatable bonds is 2. The predicted molar refractivity (Wildman–Crippen MR) is 94.2 cm³/mol. The van der Waals surface area contributed by atoms with Crippen LogP contribution in [0.25, 0.3) is 10.9 Å². The van der Waals surface area contributed by atoms with Gasteiger partial charge in [0.2, 0.25) is 6.79 Å². The summed E-state index contributed by atoms with van der Waals surface area (Å²) in [5.74, 6) is 1.54. The largest absolute Gasteiger partial charge is 0.454 e. The van der Waals surface area contributed by atoms with Crippen LogP contribution < -0.4 is 9.47 Å². The highest BCUT2D eigenvalue weighted by Gasteiger charge is 2.17. The Morgan fingerprint density at radius 3 is 2.67 bits per heavy atom. The summed E-state index contributed by atoms with van der Waals surface area (Å²) in [6, 6.07) is 10.8. The van der Waals surface area contributed by atoms with Crippen molar-refractivity contribution in [3.63, 3.8) is 0 Å². The summed E-state index contributed by atoms with van der Waals surface area (Å²) in [5, 5.41) is 1.04. The molecule has 5 heteroatoms.